The van der Waals surface area contributed by atoms with Crippen LogP contribution in [-0.2, 0) is 27.7 Å². The van der Waals surface area contributed by atoms with Crippen LogP contribution in [0.4, 0.5) is 0 Å². The van der Waals surface area contributed by atoms with Gasteiger partial charge in [-0.2, -0.15) is 0 Å². The van der Waals surface area contributed by atoms with Gasteiger partial charge >= 0.3 is 13.8 Å². The van der Waals surface area contributed by atoms with E-state index in [1.165, 1.54) is 0 Å². The molecule has 0 aliphatic carbocycles. The molecule has 6 nitrogen and oxygen atoms in total. The van der Waals surface area contributed by atoms with Gasteiger partial charge in [0.05, 0.1) is 24.4 Å². The third kappa shape index (κ3) is 11.9. The van der Waals surface area contributed by atoms with Gasteiger partial charge < -0.3 is 4.74 Å². The summed E-state index contributed by atoms with van der Waals surface area (Å²) in [6.07, 6.45) is 2.26. The molecular formula is C15H29O6P. The van der Waals surface area contributed by atoms with Gasteiger partial charge in [0.1, 0.15) is 0 Å². The number of ether oxygens (including phenoxy) is 1. The number of rotatable bonds is 9. The smallest absolute Gasteiger partial charge is 0.463 e. The molecule has 0 aliphatic rings. The summed E-state index contributed by atoms with van der Waals surface area (Å²) in [7, 11) is -3.66. The van der Waals surface area contributed by atoms with Crippen LogP contribution in [0.15, 0.2) is 12.7 Å². The Labute approximate surface area is 133 Å². The van der Waals surface area contributed by atoms with Crippen LogP contribution in [0.5, 0.6) is 0 Å². The second kappa shape index (κ2) is 8.82. The summed E-state index contributed by atoms with van der Waals surface area (Å²) >= 11 is 0. The van der Waals surface area contributed by atoms with E-state index in [1.807, 2.05) is 0 Å². The van der Waals surface area contributed by atoms with Crippen molar-refractivity contribution in [3.63, 3.8) is 0 Å². The fourth-order valence-electron chi connectivity index (χ4n) is 1.35. The molecule has 7 heteroatoms. The Hall–Kier alpha value is -0.680. The van der Waals surface area contributed by atoms with E-state index in [9.17, 15) is 9.36 Å². The van der Waals surface area contributed by atoms with Crippen molar-refractivity contribution in [2.24, 2.45) is 0 Å². The number of carbonyl (C=O) groups excluding carboxylic acids is 1. The minimum atomic E-state index is -3.66. The predicted molar refractivity (Wildman–Crippen MR) is 85.6 cm³/mol. The monoisotopic (exact) mass is 336 g/mol. The SMILES string of the molecule is C=CC(=O)OCCCCOP(=O)(OC(C)(C)C)OC(C)(C)C. The highest BCUT2D eigenvalue weighted by molar-refractivity contribution is 7.48. The lowest BCUT2D eigenvalue weighted by Crippen LogP contribution is -2.24. The quantitative estimate of drug-likeness (QED) is 0.271. The molecule has 0 spiro atoms. The molecule has 0 aromatic carbocycles. The summed E-state index contributed by atoms with van der Waals surface area (Å²) in [6, 6.07) is 0. The van der Waals surface area contributed by atoms with Crippen LogP contribution < -0.4 is 0 Å². The molecule has 130 valence electrons. The van der Waals surface area contributed by atoms with Crippen molar-refractivity contribution < 1.29 is 27.7 Å². The minimum absolute atomic E-state index is 0.190. The Bertz CT molecular complexity index is 385. The van der Waals surface area contributed by atoms with E-state index in [4.69, 9.17) is 18.3 Å². The number of carbonyl (C=O) groups is 1. The number of hydrogen-bond acceptors (Lipinski definition) is 6. The zero-order valence-corrected chi connectivity index (χ0v) is 15.4. The molecule has 0 saturated carbocycles. The third-order valence-corrected chi connectivity index (χ3v) is 4.01. The summed E-state index contributed by atoms with van der Waals surface area (Å²) in [6.45, 7) is 14.4. The molecule has 0 bridgehead atoms. The fourth-order valence-corrected chi connectivity index (χ4v) is 3.19. The highest BCUT2D eigenvalue weighted by Crippen LogP contribution is 2.55. The highest BCUT2D eigenvalue weighted by Gasteiger charge is 2.36. The number of phosphoric acid groups is 1. The average Bonchev–Trinajstić information content (AvgIpc) is 2.28. The topological polar surface area (TPSA) is 71.1 Å². The normalized spacial score (nSPS) is 13.0. The molecule has 0 fully saturated rings. The molecule has 0 amide bonds. The van der Waals surface area contributed by atoms with Crippen LogP contribution in [-0.4, -0.2) is 30.4 Å². The zero-order chi connectivity index (χ0) is 17.4. The third-order valence-electron chi connectivity index (χ3n) is 1.97. The first kappa shape index (κ1) is 21.3. The first-order valence-corrected chi connectivity index (χ1v) is 8.78. The maximum Gasteiger partial charge on any atom is 0.475 e. The minimum Gasteiger partial charge on any atom is -0.463 e. The van der Waals surface area contributed by atoms with Crippen LogP contribution in [0.1, 0.15) is 54.4 Å². The number of esters is 1. The van der Waals surface area contributed by atoms with Crippen molar-refractivity contribution in [3.05, 3.63) is 12.7 Å². The molecule has 0 aliphatic heterocycles. The Morgan fingerprint density at radius 2 is 1.45 bits per heavy atom. The van der Waals surface area contributed by atoms with E-state index < -0.39 is 25.0 Å². The summed E-state index contributed by atoms with van der Waals surface area (Å²) in [4.78, 5) is 10.9. The lowest BCUT2D eigenvalue weighted by atomic mass is 10.2. The standard InChI is InChI=1S/C15H29O6P/c1-8-13(16)18-11-9-10-12-19-22(17,20-14(2,3)4)21-15(5,6)7/h8H,1,9-12H2,2-7H3. The van der Waals surface area contributed by atoms with Gasteiger partial charge in [-0.15, -0.1) is 0 Å². The maximum absolute atomic E-state index is 12.7. The van der Waals surface area contributed by atoms with Gasteiger partial charge in [-0.05, 0) is 54.4 Å². The van der Waals surface area contributed by atoms with Gasteiger partial charge in [-0.1, -0.05) is 6.58 Å². The van der Waals surface area contributed by atoms with Crippen molar-refractivity contribution in [1.82, 2.24) is 0 Å². The molecule has 0 aromatic heterocycles. The van der Waals surface area contributed by atoms with Gasteiger partial charge in [0, 0.05) is 6.08 Å². The van der Waals surface area contributed by atoms with E-state index in [0.717, 1.165) is 6.08 Å². The zero-order valence-electron chi connectivity index (χ0n) is 14.5. The number of phosphoric ester groups is 1. The summed E-state index contributed by atoms with van der Waals surface area (Å²) in [5.74, 6) is -0.460. The van der Waals surface area contributed by atoms with E-state index in [0.29, 0.717) is 12.8 Å². The Morgan fingerprint density at radius 3 is 1.86 bits per heavy atom. The molecule has 0 unspecified atom stereocenters. The molecule has 0 atom stereocenters. The summed E-state index contributed by atoms with van der Waals surface area (Å²) in [5, 5.41) is 0. The van der Waals surface area contributed by atoms with E-state index in [2.05, 4.69) is 6.58 Å². The molecule has 0 aromatic rings. The van der Waals surface area contributed by atoms with Crippen molar-refractivity contribution >= 4 is 13.8 Å². The Morgan fingerprint density at radius 1 is 1.00 bits per heavy atom. The van der Waals surface area contributed by atoms with E-state index in [1.54, 1.807) is 41.5 Å². The van der Waals surface area contributed by atoms with Gasteiger partial charge in [0.15, 0.2) is 0 Å². The lowest BCUT2D eigenvalue weighted by Gasteiger charge is -2.30. The Kier molecular flexibility index (Phi) is 8.55. The van der Waals surface area contributed by atoms with Crippen LogP contribution in [0.3, 0.4) is 0 Å². The number of hydrogen-bond donors (Lipinski definition) is 0. The first-order valence-electron chi connectivity index (χ1n) is 7.32. The van der Waals surface area contributed by atoms with Crippen molar-refractivity contribution in [2.45, 2.75) is 65.6 Å². The first-order chi connectivity index (χ1) is 9.87. The molecule has 0 radical (unpaired) electrons. The van der Waals surface area contributed by atoms with Gasteiger partial charge in [-0.25, -0.2) is 9.36 Å². The van der Waals surface area contributed by atoms with Crippen LogP contribution >= 0.6 is 7.82 Å². The summed E-state index contributed by atoms with van der Waals surface area (Å²) < 4.78 is 33.8. The maximum atomic E-state index is 12.7. The Balaban J connectivity index is 4.34. The second-order valence-corrected chi connectivity index (χ2v) is 8.28. The van der Waals surface area contributed by atoms with E-state index >= 15 is 0 Å². The molecule has 0 rings (SSSR count). The fraction of sp³-hybridized carbons (Fsp3) is 0.800. The molecule has 22 heavy (non-hydrogen) atoms. The van der Waals surface area contributed by atoms with Gasteiger partial charge in [0.25, 0.3) is 0 Å². The van der Waals surface area contributed by atoms with Crippen LogP contribution in [0, 0.1) is 0 Å². The van der Waals surface area contributed by atoms with Crippen LogP contribution in [0.25, 0.3) is 0 Å². The highest BCUT2D eigenvalue weighted by atomic mass is 31.2. The van der Waals surface area contributed by atoms with E-state index in [-0.39, 0.29) is 13.2 Å². The lowest BCUT2D eigenvalue weighted by molar-refractivity contribution is -0.137. The van der Waals surface area contributed by atoms with Crippen molar-refractivity contribution in [3.8, 4) is 0 Å². The number of unbranched alkanes of at least 4 members (excludes halogenated alkanes) is 1. The average molecular weight is 336 g/mol. The molecular weight excluding hydrogens is 307 g/mol. The second-order valence-electron chi connectivity index (χ2n) is 6.77. The largest absolute Gasteiger partial charge is 0.475 e. The van der Waals surface area contributed by atoms with Gasteiger partial charge in [-0.3, -0.25) is 13.6 Å². The van der Waals surface area contributed by atoms with Crippen molar-refractivity contribution in [1.29, 1.82) is 0 Å². The van der Waals surface area contributed by atoms with Crippen LogP contribution in [0.2, 0.25) is 0 Å². The van der Waals surface area contributed by atoms with Gasteiger partial charge in [0.2, 0.25) is 0 Å². The molecule has 0 N–H and O–H groups in total. The molecule has 0 heterocycles. The predicted octanol–water partition coefficient (Wildman–Crippen LogP) is 4.25. The van der Waals surface area contributed by atoms with Crippen molar-refractivity contribution in [2.75, 3.05) is 13.2 Å². The molecule has 0 saturated heterocycles. The summed E-state index contributed by atoms with van der Waals surface area (Å²) in [5.41, 5.74) is -1.31.